The van der Waals surface area contributed by atoms with Crippen LogP contribution in [0.1, 0.15) is 45.0 Å². The first-order chi connectivity index (χ1) is 8.97. The van der Waals surface area contributed by atoms with Crippen molar-refractivity contribution in [3.8, 4) is 0 Å². The average molecular weight is 273 g/mol. The van der Waals surface area contributed by atoms with Crippen molar-refractivity contribution in [3.05, 3.63) is 56.3 Å². The number of hydrogen-bond acceptors (Lipinski definition) is 2. The molecule has 0 saturated carbocycles. The Hall–Kier alpha value is -1.12. The normalized spacial score (nSPS) is 12.7. The number of nitrogens with one attached hydrogen (secondary N) is 1. The lowest BCUT2D eigenvalue weighted by Crippen LogP contribution is -2.19. The van der Waals surface area contributed by atoms with Crippen LogP contribution in [0.3, 0.4) is 0 Å². The molecule has 0 aliphatic rings. The average Bonchev–Trinajstić information content (AvgIpc) is 2.71. The largest absolute Gasteiger partial charge is 0.305 e. The van der Waals surface area contributed by atoms with Crippen LogP contribution < -0.4 is 5.32 Å². The van der Waals surface area contributed by atoms with E-state index in [2.05, 4.69) is 64.2 Å². The number of benzene rings is 1. The Morgan fingerprint density at radius 1 is 1.05 bits per heavy atom. The summed E-state index contributed by atoms with van der Waals surface area (Å²) in [4.78, 5) is 2.79. The molecule has 1 heterocycles. The molecule has 0 saturated heterocycles. The van der Waals surface area contributed by atoms with Gasteiger partial charge >= 0.3 is 0 Å². The number of hydrogen-bond donors (Lipinski definition) is 1. The molecule has 0 bridgehead atoms. The predicted molar refractivity (Wildman–Crippen MR) is 85.0 cm³/mol. The van der Waals surface area contributed by atoms with Crippen molar-refractivity contribution in [2.45, 2.75) is 47.2 Å². The maximum Gasteiger partial charge on any atom is 0.0305 e. The van der Waals surface area contributed by atoms with E-state index in [-0.39, 0.29) is 0 Å². The summed E-state index contributed by atoms with van der Waals surface area (Å²) >= 11 is 1.87. The Balaban J connectivity index is 2.10. The molecule has 2 aromatic rings. The third-order valence-electron chi connectivity index (χ3n) is 3.55. The molecule has 0 aliphatic heterocycles. The van der Waals surface area contributed by atoms with Gasteiger partial charge in [-0.05, 0) is 63.4 Å². The minimum absolute atomic E-state index is 0.392. The summed E-state index contributed by atoms with van der Waals surface area (Å²) in [7, 11) is 0. The molecule has 0 spiro atoms. The van der Waals surface area contributed by atoms with Gasteiger partial charge in [-0.25, -0.2) is 0 Å². The van der Waals surface area contributed by atoms with Gasteiger partial charge in [-0.3, -0.25) is 0 Å². The molecule has 2 rings (SSSR count). The van der Waals surface area contributed by atoms with Gasteiger partial charge in [0, 0.05) is 22.3 Å². The fourth-order valence-corrected chi connectivity index (χ4v) is 3.65. The van der Waals surface area contributed by atoms with Gasteiger partial charge in [0.05, 0.1) is 0 Å². The molecule has 0 amide bonds. The lowest BCUT2D eigenvalue weighted by Gasteiger charge is -2.19. The second kappa shape index (κ2) is 5.89. The number of aryl methyl sites for hydroxylation is 4. The minimum Gasteiger partial charge on any atom is -0.305 e. The van der Waals surface area contributed by atoms with E-state index < -0.39 is 0 Å². The third kappa shape index (κ3) is 3.46. The highest BCUT2D eigenvalue weighted by Gasteiger charge is 2.11. The van der Waals surface area contributed by atoms with E-state index in [1.807, 2.05) is 11.3 Å². The van der Waals surface area contributed by atoms with E-state index in [0.29, 0.717) is 6.04 Å². The van der Waals surface area contributed by atoms with Gasteiger partial charge < -0.3 is 5.32 Å². The van der Waals surface area contributed by atoms with Crippen molar-refractivity contribution in [3.63, 3.8) is 0 Å². The summed E-state index contributed by atoms with van der Waals surface area (Å²) in [5, 5.41) is 3.64. The van der Waals surface area contributed by atoms with Crippen molar-refractivity contribution in [2.75, 3.05) is 0 Å². The highest BCUT2D eigenvalue weighted by atomic mass is 32.1. The van der Waals surface area contributed by atoms with E-state index in [4.69, 9.17) is 0 Å². The lowest BCUT2D eigenvalue weighted by molar-refractivity contribution is 0.573. The molecular formula is C17H23NS. The zero-order chi connectivity index (χ0) is 14.0. The highest BCUT2D eigenvalue weighted by Crippen LogP contribution is 2.24. The Bertz CT molecular complexity index is 545. The molecule has 1 unspecified atom stereocenters. The summed E-state index contributed by atoms with van der Waals surface area (Å²) in [6.07, 6.45) is 0. The topological polar surface area (TPSA) is 12.0 Å². The van der Waals surface area contributed by atoms with E-state index in [9.17, 15) is 0 Å². The molecule has 0 fully saturated rings. The first kappa shape index (κ1) is 14.3. The van der Waals surface area contributed by atoms with Crippen LogP contribution in [0.15, 0.2) is 24.3 Å². The summed E-state index contributed by atoms with van der Waals surface area (Å²) in [6, 6.07) is 9.34. The quantitative estimate of drug-likeness (QED) is 0.841. The maximum absolute atomic E-state index is 3.64. The van der Waals surface area contributed by atoms with Crippen LogP contribution in [0.5, 0.6) is 0 Å². The van der Waals surface area contributed by atoms with Gasteiger partial charge in [0.15, 0.2) is 0 Å². The van der Waals surface area contributed by atoms with Gasteiger partial charge in [0.25, 0.3) is 0 Å². The summed E-state index contributed by atoms with van der Waals surface area (Å²) < 4.78 is 0. The molecule has 19 heavy (non-hydrogen) atoms. The van der Waals surface area contributed by atoms with Crippen molar-refractivity contribution in [1.29, 1.82) is 0 Å². The van der Waals surface area contributed by atoms with Crippen molar-refractivity contribution >= 4 is 11.3 Å². The number of thiophene rings is 1. The molecule has 0 radical (unpaired) electrons. The molecule has 102 valence electrons. The van der Waals surface area contributed by atoms with E-state index in [0.717, 1.165) is 6.54 Å². The van der Waals surface area contributed by atoms with Crippen molar-refractivity contribution < 1.29 is 0 Å². The third-order valence-corrected chi connectivity index (χ3v) is 4.55. The molecule has 1 aromatic carbocycles. The summed E-state index contributed by atoms with van der Waals surface area (Å²) in [6.45, 7) is 11.9. The van der Waals surface area contributed by atoms with Crippen LogP contribution in [-0.4, -0.2) is 0 Å². The summed E-state index contributed by atoms with van der Waals surface area (Å²) in [5.41, 5.74) is 5.57. The van der Waals surface area contributed by atoms with Crippen LogP contribution >= 0.6 is 11.3 Å². The van der Waals surface area contributed by atoms with Crippen molar-refractivity contribution in [2.24, 2.45) is 0 Å². The van der Waals surface area contributed by atoms with E-state index in [1.54, 1.807) is 0 Å². The Morgan fingerprint density at radius 2 is 1.68 bits per heavy atom. The van der Waals surface area contributed by atoms with Gasteiger partial charge in [-0.1, -0.05) is 17.7 Å². The molecule has 2 heteroatoms. The predicted octanol–water partition coefficient (Wildman–Crippen LogP) is 4.83. The molecule has 1 aromatic heterocycles. The smallest absolute Gasteiger partial charge is 0.0305 e. The second-order valence-corrected chi connectivity index (χ2v) is 6.80. The maximum atomic E-state index is 3.64. The zero-order valence-corrected chi connectivity index (χ0v) is 13.3. The van der Waals surface area contributed by atoms with Crippen LogP contribution in [0.4, 0.5) is 0 Å². The van der Waals surface area contributed by atoms with Gasteiger partial charge in [-0.2, -0.15) is 0 Å². The van der Waals surface area contributed by atoms with E-state index in [1.165, 1.54) is 32.0 Å². The van der Waals surface area contributed by atoms with Gasteiger partial charge in [0.2, 0.25) is 0 Å². The minimum atomic E-state index is 0.392. The monoisotopic (exact) mass is 273 g/mol. The standard InChI is InChI=1S/C17H23NS/c1-11-8-12(2)17(13(3)9-11)15(5)18-10-16-7-6-14(4)19-16/h6-9,15,18H,10H2,1-5H3. The number of rotatable bonds is 4. The van der Waals surface area contributed by atoms with Gasteiger partial charge in [0.1, 0.15) is 0 Å². The van der Waals surface area contributed by atoms with Crippen LogP contribution in [0.25, 0.3) is 0 Å². The zero-order valence-electron chi connectivity index (χ0n) is 12.5. The van der Waals surface area contributed by atoms with Crippen LogP contribution in [0.2, 0.25) is 0 Å². The van der Waals surface area contributed by atoms with Gasteiger partial charge in [-0.15, -0.1) is 11.3 Å². The molecule has 1 atom stereocenters. The first-order valence-electron chi connectivity index (χ1n) is 6.84. The van der Waals surface area contributed by atoms with Crippen LogP contribution in [0, 0.1) is 27.7 Å². The Morgan fingerprint density at radius 3 is 2.21 bits per heavy atom. The SMILES string of the molecule is Cc1cc(C)c(C(C)NCc2ccc(C)s2)c(C)c1. The fourth-order valence-electron chi connectivity index (χ4n) is 2.81. The van der Waals surface area contributed by atoms with E-state index >= 15 is 0 Å². The highest BCUT2D eigenvalue weighted by molar-refractivity contribution is 7.11. The molecule has 0 aliphatic carbocycles. The molecular weight excluding hydrogens is 250 g/mol. The van der Waals surface area contributed by atoms with Crippen LogP contribution in [-0.2, 0) is 6.54 Å². The first-order valence-corrected chi connectivity index (χ1v) is 7.65. The Kier molecular flexibility index (Phi) is 4.43. The lowest BCUT2D eigenvalue weighted by atomic mass is 9.95. The van der Waals surface area contributed by atoms with Crippen molar-refractivity contribution in [1.82, 2.24) is 5.32 Å². The summed E-state index contributed by atoms with van der Waals surface area (Å²) in [5.74, 6) is 0. The Labute approximate surface area is 120 Å². The second-order valence-electron chi connectivity index (χ2n) is 5.43. The fraction of sp³-hybridized carbons (Fsp3) is 0.412. The molecule has 1 N–H and O–H groups in total. The molecule has 1 nitrogen and oxygen atoms in total.